The number of hydrogen-bond donors (Lipinski definition) is 1. The summed E-state index contributed by atoms with van der Waals surface area (Å²) >= 11 is 5.68. The Morgan fingerprint density at radius 3 is 2.50 bits per heavy atom. The zero-order valence-electron chi connectivity index (χ0n) is 9.54. The van der Waals surface area contributed by atoms with Gasteiger partial charge < -0.3 is 5.73 Å². The summed E-state index contributed by atoms with van der Waals surface area (Å²) < 4.78 is 27.2. The van der Waals surface area contributed by atoms with E-state index < -0.39 is 11.9 Å². The van der Waals surface area contributed by atoms with E-state index in [0.29, 0.717) is 11.1 Å². The lowest BCUT2D eigenvalue weighted by atomic mass is 9.99. The summed E-state index contributed by atoms with van der Waals surface area (Å²) in [6, 6.07) is 10.3. The second kappa shape index (κ2) is 5.46. The third kappa shape index (κ3) is 2.68. The van der Waals surface area contributed by atoms with E-state index in [1.165, 1.54) is 12.1 Å². The SMILES string of the molecule is NC(Cc1cccc(Cl)c1F)c1ccccc1F. The fourth-order valence-electron chi connectivity index (χ4n) is 1.83. The molecule has 0 spiro atoms. The van der Waals surface area contributed by atoms with Gasteiger partial charge in [0.25, 0.3) is 0 Å². The van der Waals surface area contributed by atoms with Gasteiger partial charge in [-0.2, -0.15) is 0 Å². The molecule has 1 unspecified atom stereocenters. The average molecular weight is 268 g/mol. The van der Waals surface area contributed by atoms with Crippen LogP contribution in [-0.2, 0) is 6.42 Å². The van der Waals surface area contributed by atoms with Gasteiger partial charge in [-0.25, -0.2) is 8.78 Å². The molecule has 18 heavy (non-hydrogen) atoms. The third-order valence-electron chi connectivity index (χ3n) is 2.78. The van der Waals surface area contributed by atoms with E-state index in [1.807, 2.05) is 0 Å². The van der Waals surface area contributed by atoms with Gasteiger partial charge in [0.1, 0.15) is 11.6 Å². The lowest BCUT2D eigenvalue weighted by molar-refractivity contribution is 0.563. The molecule has 0 bridgehead atoms. The third-order valence-corrected chi connectivity index (χ3v) is 3.07. The van der Waals surface area contributed by atoms with Gasteiger partial charge in [0, 0.05) is 11.6 Å². The second-order valence-electron chi connectivity index (χ2n) is 4.05. The van der Waals surface area contributed by atoms with Crippen molar-refractivity contribution in [2.75, 3.05) is 0 Å². The number of halogens is 3. The molecule has 0 aliphatic heterocycles. The van der Waals surface area contributed by atoms with Gasteiger partial charge in [0.2, 0.25) is 0 Å². The van der Waals surface area contributed by atoms with E-state index in [4.69, 9.17) is 17.3 Å². The van der Waals surface area contributed by atoms with Crippen molar-refractivity contribution in [3.05, 3.63) is 70.2 Å². The van der Waals surface area contributed by atoms with Gasteiger partial charge in [-0.3, -0.25) is 0 Å². The zero-order valence-corrected chi connectivity index (χ0v) is 10.3. The van der Waals surface area contributed by atoms with Crippen LogP contribution in [0.5, 0.6) is 0 Å². The number of hydrogen-bond acceptors (Lipinski definition) is 1. The predicted octanol–water partition coefficient (Wildman–Crippen LogP) is 3.86. The molecular formula is C14H12ClF2N. The van der Waals surface area contributed by atoms with Crippen LogP contribution in [-0.4, -0.2) is 0 Å². The first-order chi connectivity index (χ1) is 8.59. The molecule has 2 N–H and O–H groups in total. The van der Waals surface area contributed by atoms with Gasteiger partial charge in [0.05, 0.1) is 5.02 Å². The van der Waals surface area contributed by atoms with Crippen molar-refractivity contribution >= 4 is 11.6 Å². The predicted molar refractivity (Wildman–Crippen MR) is 68.4 cm³/mol. The molecule has 0 amide bonds. The van der Waals surface area contributed by atoms with Gasteiger partial charge in [0.15, 0.2) is 0 Å². The molecule has 1 atom stereocenters. The quantitative estimate of drug-likeness (QED) is 0.898. The van der Waals surface area contributed by atoms with Crippen molar-refractivity contribution < 1.29 is 8.78 Å². The molecule has 4 heteroatoms. The monoisotopic (exact) mass is 267 g/mol. The van der Waals surface area contributed by atoms with Gasteiger partial charge >= 0.3 is 0 Å². The minimum absolute atomic E-state index is 0.0493. The van der Waals surface area contributed by atoms with E-state index in [9.17, 15) is 8.78 Å². The molecule has 2 rings (SSSR count). The highest BCUT2D eigenvalue weighted by Gasteiger charge is 2.14. The molecule has 0 radical (unpaired) electrons. The molecule has 94 valence electrons. The van der Waals surface area contributed by atoms with Crippen molar-refractivity contribution in [2.45, 2.75) is 12.5 Å². The molecule has 0 saturated carbocycles. The van der Waals surface area contributed by atoms with E-state index in [-0.39, 0.29) is 17.3 Å². The molecule has 0 aromatic heterocycles. The zero-order chi connectivity index (χ0) is 13.1. The van der Waals surface area contributed by atoms with Crippen LogP contribution in [0.25, 0.3) is 0 Å². The van der Waals surface area contributed by atoms with Gasteiger partial charge in [-0.15, -0.1) is 0 Å². The Morgan fingerprint density at radius 2 is 1.78 bits per heavy atom. The summed E-state index contributed by atoms with van der Waals surface area (Å²) in [7, 11) is 0. The smallest absolute Gasteiger partial charge is 0.145 e. The van der Waals surface area contributed by atoms with Crippen LogP contribution >= 0.6 is 11.6 Å². The summed E-state index contributed by atoms with van der Waals surface area (Å²) in [5.41, 5.74) is 6.66. The van der Waals surface area contributed by atoms with Crippen LogP contribution in [0.2, 0.25) is 5.02 Å². The summed E-state index contributed by atoms with van der Waals surface area (Å²) in [5, 5.41) is 0.0493. The van der Waals surface area contributed by atoms with E-state index in [2.05, 4.69) is 0 Å². The molecule has 2 aromatic carbocycles. The van der Waals surface area contributed by atoms with Crippen molar-refractivity contribution in [1.29, 1.82) is 0 Å². The largest absolute Gasteiger partial charge is 0.324 e. The first-order valence-electron chi connectivity index (χ1n) is 5.52. The summed E-state index contributed by atoms with van der Waals surface area (Å²) in [6.07, 6.45) is 0.202. The normalized spacial score (nSPS) is 12.4. The standard InChI is InChI=1S/C14H12ClF2N/c15-11-6-3-4-9(14(11)17)8-13(18)10-5-1-2-7-12(10)16/h1-7,13H,8,18H2. The number of benzene rings is 2. The molecular weight excluding hydrogens is 256 g/mol. The minimum Gasteiger partial charge on any atom is -0.324 e. The molecule has 2 aromatic rings. The van der Waals surface area contributed by atoms with E-state index in [0.717, 1.165) is 0 Å². The van der Waals surface area contributed by atoms with E-state index in [1.54, 1.807) is 30.3 Å². The highest BCUT2D eigenvalue weighted by atomic mass is 35.5. The first-order valence-corrected chi connectivity index (χ1v) is 5.90. The Balaban J connectivity index is 2.24. The Morgan fingerprint density at radius 1 is 1.06 bits per heavy atom. The Kier molecular flexibility index (Phi) is 3.94. The van der Waals surface area contributed by atoms with Gasteiger partial charge in [-0.05, 0) is 24.1 Å². The summed E-state index contributed by atoms with van der Waals surface area (Å²) in [5.74, 6) is -0.876. The number of nitrogens with two attached hydrogens (primary N) is 1. The summed E-state index contributed by atoms with van der Waals surface area (Å²) in [4.78, 5) is 0. The topological polar surface area (TPSA) is 26.0 Å². The summed E-state index contributed by atoms with van der Waals surface area (Å²) in [6.45, 7) is 0. The van der Waals surface area contributed by atoms with Crippen LogP contribution < -0.4 is 5.73 Å². The van der Waals surface area contributed by atoms with Crippen LogP contribution in [0, 0.1) is 11.6 Å². The van der Waals surface area contributed by atoms with E-state index >= 15 is 0 Å². The van der Waals surface area contributed by atoms with Crippen LogP contribution in [0.1, 0.15) is 17.2 Å². The number of rotatable bonds is 3. The highest BCUT2D eigenvalue weighted by molar-refractivity contribution is 6.30. The lowest BCUT2D eigenvalue weighted by Crippen LogP contribution is -2.15. The van der Waals surface area contributed by atoms with Crippen LogP contribution in [0.15, 0.2) is 42.5 Å². The Labute approximate surface area is 109 Å². The maximum absolute atomic E-state index is 13.7. The first kappa shape index (κ1) is 13.0. The minimum atomic E-state index is -0.598. The Bertz CT molecular complexity index is 557. The molecule has 0 saturated heterocycles. The van der Waals surface area contributed by atoms with Gasteiger partial charge in [-0.1, -0.05) is 41.9 Å². The second-order valence-corrected chi connectivity index (χ2v) is 4.45. The van der Waals surface area contributed by atoms with Crippen molar-refractivity contribution in [1.82, 2.24) is 0 Å². The fourth-order valence-corrected chi connectivity index (χ4v) is 2.02. The maximum Gasteiger partial charge on any atom is 0.145 e. The molecule has 0 fully saturated rings. The molecule has 0 heterocycles. The molecule has 1 nitrogen and oxygen atoms in total. The van der Waals surface area contributed by atoms with Crippen LogP contribution in [0.4, 0.5) is 8.78 Å². The van der Waals surface area contributed by atoms with Crippen molar-refractivity contribution in [3.63, 3.8) is 0 Å². The lowest BCUT2D eigenvalue weighted by Gasteiger charge is -2.13. The highest BCUT2D eigenvalue weighted by Crippen LogP contribution is 2.23. The molecule has 0 aliphatic rings. The fraction of sp³-hybridized carbons (Fsp3) is 0.143. The maximum atomic E-state index is 13.7. The van der Waals surface area contributed by atoms with Crippen molar-refractivity contribution in [3.8, 4) is 0 Å². The van der Waals surface area contributed by atoms with Crippen molar-refractivity contribution in [2.24, 2.45) is 5.73 Å². The Hall–Kier alpha value is -1.45. The molecule has 0 aliphatic carbocycles. The average Bonchev–Trinajstić information content (AvgIpc) is 2.35. The van der Waals surface area contributed by atoms with Crippen LogP contribution in [0.3, 0.4) is 0 Å².